The Bertz CT molecular complexity index is 1000. The maximum Gasteiger partial charge on any atom is 0.334 e. The molecule has 2 bridgehead atoms. The second-order valence-electron chi connectivity index (χ2n) is 6.89. The van der Waals surface area contributed by atoms with E-state index in [2.05, 4.69) is 48.6 Å². The second-order valence-corrected chi connectivity index (χ2v) is 6.89. The van der Waals surface area contributed by atoms with Crippen LogP contribution in [0, 0.1) is 11.8 Å². The van der Waals surface area contributed by atoms with Crippen LogP contribution in [0.3, 0.4) is 0 Å². The molecule has 0 fully saturated rings. The molecule has 2 heteroatoms. The first-order valence-corrected chi connectivity index (χ1v) is 8.76. The smallest absolute Gasteiger partial charge is 0.334 e. The minimum absolute atomic E-state index is 0.172. The SMILES string of the molecule is O=C(OCc1c2ccccc2cc2ccccc12)C1=CC2C=CC1C2. The van der Waals surface area contributed by atoms with Gasteiger partial charge in [0.1, 0.15) is 6.61 Å². The van der Waals surface area contributed by atoms with E-state index in [0.29, 0.717) is 12.5 Å². The van der Waals surface area contributed by atoms with E-state index in [1.54, 1.807) is 0 Å². The van der Waals surface area contributed by atoms with E-state index in [4.69, 9.17) is 4.74 Å². The molecule has 0 radical (unpaired) electrons. The number of hydrogen-bond acceptors (Lipinski definition) is 2. The zero-order valence-corrected chi connectivity index (χ0v) is 13.8. The van der Waals surface area contributed by atoms with Crippen molar-refractivity contribution in [2.45, 2.75) is 13.0 Å². The van der Waals surface area contributed by atoms with Crippen molar-refractivity contribution in [3.8, 4) is 0 Å². The third kappa shape index (κ3) is 2.37. The Kier molecular flexibility index (Phi) is 3.24. The summed E-state index contributed by atoms with van der Waals surface area (Å²) in [4.78, 5) is 12.6. The number of esters is 1. The maximum absolute atomic E-state index is 12.6. The lowest BCUT2D eigenvalue weighted by Crippen LogP contribution is -2.12. The van der Waals surface area contributed by atoms with Gasteiger partial charge >= 0.3 is 5.97 Å². The van der Waals surface area contributed by atoms with E-state index in [1.807, 2.05) is 24.3 Å². The number of carbonyl (C=O) groups excluding carboxylic acids is 1. The number of allylic oxidation sites excluding steroid dienone is 3. The molecule has 2 unspecified atom stereocenters. The van der Waals surface area contributed by atoms with Crippen LogP contribution in [0.15, 0.2) is 78.4 Å². The van der Waals surface area contributed by atoms with Crippen LogP contribution in [0.4, 0.5) is 0 Å². The molecule has 2 nitrogen and oxygen atoms in total. The van der Waals surface area contributed by atoms with Crippen molar-refractivity contribution < 1.29 is 9.53 Å². The highest BCUT2D eigenvalue weighted by molar-refractivity contribution is 6.02. The predicted octanol–water partition coefficient (Wildman–Crippen LogP) is 5.17. The van der Waals surface area contributed by atoms with Crippen LogP contribution in [-0.4, -0.2) is 5.97 Å². The van der Waals surface area contributed by atoms with Crippen molar-refractivity contribution in [3.05, 3.63) is 84.0 Å². The molecule has 2 atom stereocenters. The number of ether oxygens (including phenoxy) is 1. The van der Waals surface area contributed by atoms with Crippen molar-refractivity contribution >= 4 is 27.5 Å². The minimum Gasteiger partial charge on any atom is -0.457 e. The van der Waals surface area contributed by atoms with Gasteiger partial charge in [0.2, 0.25) is 0 Å². The van der Waals surface area contributed by atoms with Crippen molar-refractivity contribution in [2.24, 2.45) is 11.8 Å². The molecule has 0 aromatic heterocycles. The second kappa shape index (κ2) is 5.59. The van der Waals surface area contributed by atoms with Gasteiger partial charge < -0.3 is 4.74 Å². The van der Waals surface area contributed by atoms with E-state index in [9.17, 15) is 4.79 Å². The topological polar surface area (TPSA) is 26.3 Å². The molecule has 122 valence electrons. The van der Waals surface area contributed by atoms with Crippen LogP contribution < -0.4 is 0 Å². The van der Waals surface area contributed by atoms with Gasteiger partial charge in [-0.05, 0) is 39.9 Å². The van der Waals surface area contributed by atoms with Gasteiger partial charge in [0.05, 0.1) is 0 Å². The van der Waals surface area contributed by atoms with E-state index in [-0.39, 0.29) is 11.9 Å². The van der Waals surface area contributed by atoms with Gasteiger partial charge in [-0.25, -0.2) is 4.79 Å². The molecular weight excluding hydrogens is 308 g/mol. The minimum atomic E-state index is -0.172. The summed E-state index contributed by atoms with van der Waals surface area (Å²) in [6.07, 6.45) is 7.41. The monoisotopic (exact) mass is 326 g/mol. The lowest BCUT2D eigenvalue weighted by Gasteiger charge is -2.14. The summed E-state index contributed by atoms with van der Waals surface area (Å²) in [5, 5.41) is 4.65. The van der Waals surface area contributed by atoms with Crippen LogP contribution in [0.2, 0.25) is 0 Å². The predicted molar refractivity (Wildman–Crippen MR) is 100 cm³/mol. The highest BCUT2D eigenvalue weighted by atomic mass is 16.5. The summed E-state index contributed by atoms with van der Waals surface area (Å²) < 4.78 is 5.74. The summed E-state index contributed by atoms with van der Waals surface area (Å²) >= 11 is 0. The summed E-state index contributed by atoms with van der Waals surface area (Å²) in [5.41, 5.74) is 1.92. The summed E-state index contributed by atoms with van der Waals surface area (Å²) in [5.74, 6) is 0.501. The number of carbonyl (C=O) groups is 1. The molecule has 0 aliphatic heterocycles. The Morgan fingerprint density at radius 3 is 2.24 bits per heavy atom. The molecule has 2 aliphatic rings. The number of fused-ring (bicyclic) bond motifs is 4. The van der Waals surface area contributed by atoms with Crippen LogP contribution in [0.1, 0.15) is 12.0 Å². The Morgan fingerprint density at radius 2 is 1.64 bits per heavy atom. The van der Waals surface area contributed by atoms with Gasteiger partial charge in [-0.1, -0.05) is 66.8 Å². The Morgan fingerprint density at radius 1 is 0.960 bits per heavy atom. The average molecular weight is 326 g/mol. The average Bonchev–Trinajstić information content (AvgIpc) is 3.28. The first-order chi connectivity index (χ1) is 12.3. The van der Waals surface area contributed by atoms with E-state index in [1.165, 1.54) is 10.8 Å². The molecule has 0 saturated carbocycles. The van der Waals surface area contributed by atoms with Crippen molar-refractivity contribution in [1.82, 2.24) is 0 Å². The lowest BCUT2D eigenvalue weighted by atomic mass is 9.97. The van der Waals surface area contributed by atoms with Crippen LogP contribution in [-0.2, 0) is 16.1 Å². The summed E-state index contributed by atoms with van der Waals surface area (Å²) in [7, 11) is 0. The van der Waals surface area contributed by atoms with Crippen molar-refractivity contribution in [2.75, 3.05) is 0 Å². The molecule has 2 aliphatic carbocycles. The molecule has 0 spiro atoms. The zero-order valence-electron chi connectivity index (χ0n) is 13.8. The fourth-order valence-electron chi connectivity index (χ4n) is 4.14. The number of rotatable bonds is 3. The number of hydrogen-bond donors (Lipinski definition) is 0. The van der Waals surface area contributed by atoms with Crippen LogP contribution in [0.25, 0.3) is 21.5 Å². The lowest BCUT2D eigenvalue weighted by molar-refractivity contribution is -0.140. The van der Waals surface area contributed by atoms with Gasteiger partial charge in [0.15, 0.2) is 0 Å². The largest absolute Gasteiger partial charge is 0.457 e. The Hall–Kier alpha value is -2.87. The molecule has 0 amide bonds. The summed E-state index contributed by atoms with van der Waals surface area (Å²) in [6.45, 7) is 0.305. The molecule has 0 saturated heterocycles. The maximum atomic E-state index is 12.6. The van der Waals surface area contributed by atoms with E-state index in [0.717, 1.165) is 28.3 Å². The molecule has 3 aromatic rings. The van der Waals surface area contributed by atoms with Crippen LogP contribution in [0.5, 0.6) is 0 Å². The third-order valence-electron chi connectivity index (χ3n) is 5.38. The highest BCUT2D eigenvalue weighted by Gasteiger charge is 2.32. The van der Waals surface area contributed by atoms with Gasteiger partial charge in [-0.15, -0.1) is 0 Å². The Balaban J connectivity index is 1.51. The van der Waals surface area contributed by atoms with Crippen molar-refractivity contribution in [1.29, 1.82) is 0 Å². The van der Waals surface area contributed by atoms with Gasteiger partial charge in [-0.2, -0.15) is 0 Å². The zero-order chi connectivity index (χ0) is 16.8. The van der Waals surface area contributed by atoms with Crippen molar-refractivity contribution in [3.63, 3.8) is 0 Å². The van der Waals surface area contributed by atoms with Gasteiger partial charge in [0, 0.05) is 17.1 Å². The molecular formula is C23H18O2. The first-order valence-electron chi connectivity index (χ1n) is 8.76. The molecule has 5 rings (SSSR count). The normalized spacial score (nSPS) is 21.0. The van der Waals surface area contributed by atoms with Gasteiger partial charge in [-0.3, -0.25) is 0 Å². The van der Waals surface area contributed by atoms with Crippen LogP contribution >= 0.6 is 0 Å². The molecule has 25 heavy (non-hydrogen) atoms. The fourth-order valence-corrected chi connectivity index (χ4v) is 4.14. The van der Waals surface area contributed by atoms with Gasteiger partial charge in [0.25, 0.3) is 0 Å². The third-order valence-corrected chi connectivity index (χ3v) is 5.38. The fraction of sp³-hybridized carbons (Fsp3) is 0.174. The summed E-state index contributed by atoms with van der Waals surface area (Å²) in [6, 6.07) is 18.8. The molecule has 3 aromatic carbocycles. The molecule has 0 heterocycles. The first kappa shape index (κ1) is 14.5. The molecule has 0 N–H and O–H groups in total. The Labute approximate surface area is 146 Å². The van der Waals surface area contributed by atoms with E-state index < -0.39 is 0 Å². The number of benzene rings is 3. The highest BCUT2D eigenvalue weighted by Crippen LogP contribution is 2.39. The standard InChI is InChI=1S/C23H18O2/c24-23(21-12-15-9-10-18(21)11-15)25-14-22-19-7-3-1-5-16(19)13-17-6-2-4-8-20(17)22/h1-10,12-13,15,18H,11,14H2. The quantitative estimate of drug-likeness (QED) is 0.377. The van der Waals surface area contributed by atoms with E-state index >= 15 is 0 Å².